The minimum absolute atomic E-state index is 0.163. The lowest BCUT2D eigenvalue weighted by Gasteiger charge is -2.33. The van der Waals surface area contributed by atoms with Crippen molar-refractivity contribution in [2.24, 2.45) is 5.73 Å². The van der Waals surface area contributed by atoms with Crippen LogP contribution in [0.15, 0.2) is 0 Å². The van der Waals surface area contributed by atoms with E-state index in [1.165, 1.54) is 0 Å². The van der Waals surface area contributed by atoms with Gasteiger partial charge in [-0.2, -0.15) is 0 Å². The fourth-order valence-corrected chi connectivity index (χ4v) is 1.60. The molecule has 0 bridgehead atoms. The van der Waals surface area contributed by atoms with Crippen molar-refractivity contribution < 1.29 is 9.53 Å². The van der Waals surface area contributed by atoms with Gasteiger partial charge in [-0.1, -0.05) is 0 Å². The van der Waals surface area contributed by atoms with Crippen molar-refractivity contribution in [2.45, 2.75) is 44.7 Å². The molecule has 0 unspecified atom stereocenters. The molecule has 1 aliphatic rings. The van der Waals surface area contributed by atoms with Crippen LogP contribution >= 0.6 is 0 Å². The Morgan fingerprint density at radius 3 is 2.44 bits per heavy atom. The molecule has 0 saturated carbocycles. The van der Waals surface area contributed by atoms with Crippen LogP contribution in [-0.2, 0) is 4.74 Å². The Bertz CT molecular complexity index is 242. The standard InChI is InChI=1S/C11H23N3O2/c1-10(2,3)14-9(15)13-8-11(12)4-6-16-7-5-11/h4-8,12H2,1-3H3,(H2,13,14,15). The number of nitrogens with one attached hydrogen (secondary N) is 2. The molecule has 1 saturated heterocycles. The summed E-state index contributed by atoms with van der Waals surface area (Å²) < 4.78 is 5.24. The number of urea groups is 1. The van der Waals surface area contributed by atoms with Gasteiger partial charge in [0, 0.05) is 30.8 Å². The Labute approximate surface area is 97.1 Å². The zero-order chi connectivity index (χ0) is 12.2. The summed E-state index contributed by atoms with van der Waals surface area (Å²) in [4.78, 5) is 11.5. The molecule has 0 aliphatic carbocycles. The third-order valence-corrected chi connectivity index (χ3v) is 2.58. The first-order valence-electron chi connectivity index (χ1n) is 5.73. The Balaban J connectivity index is 2.30. The van der Waals surface area contributed by atoms with Gasteiger partial charge in [-0.15, -0.1) is 0 Å². The smallest absolute Gasteiger partial charge is 0.315 e. The molecule has 0 spiro atoms. The van der Waals surface area contributed by atoms with Gasteiger partial charge in [-0.05, 0) is 33.6 Å². The second-order valence-electron chi connectivity index (χ2n) is 5.53. The van der Waals surface area contributed by atoms with E-state index in [2.05, 4.69) is 10.6 Å². The number of carbonyl (C=O) groups excluding carboxylic acids is 1. The van der Waals surface area contributed by atoms with Crippen molar-refractivity contribution in [3.05, 3.63) is 0 Å². The maximum Gasteiger partial charge on any atom is 0.315 e. The molecule has 1 heterocycles. The van der Waals surface area contributed by atoms with Crippen molar-refractivity contribution in [3.63, 3.8) is 0 Å². The van der Waals surface area contributed by atoms with E-state index in [0.717, 1.165) is 12.8 Å². The Hall–Kier alpha value is -0.810. The van der Waals surface area contributed by atoms with E-state index in [-0.39, 0.29) is 17.1 Å². The highest BCUT2D eigenvalue weighted by Crippen LogP contribution is 2.16. The average molecular weight is 229 g/mol. The highest BCUT2D eigenvalue weighted by molar-refractivity contribution is 5.74. The summed E-state index contributed by atoms with van der Waals surface area (Å²) in [6.07, 6.45) is 1.59. The van der Waals surface area contributed by atoms with E-state index in [9.17, 15) is 4.79 Å². The number of nitrogens with two attached hydrogens (primary N) is 1. The molecule has 94 valence electrons. The van der Waals surface area contributed by atoms with Crippen molar-refractivity contribution in [2.75, 3.05) is 19.8 Å². The van der Waals surface area contributed by atoms with E-state index in [4.69, 9.17) is 10.5 Å². The molecular weight excluding hydrogens is 206 g/mol. The summed E-state index contributed by atoms with van der Waals surface area (Å²) in [6, 6.07) is -0.163. The largest absolute Gasteiger partial charge is 0.381 e. The van der Waals surface area contributed by atoms with E-state index >= 15 is 0 Å². The minimum Gasteiger partial charge on any atom is -0.381 e. The Morgan fingerprint density at radius 2 is 1.94 bits per heavy atom. The summed E-state index contributed by atoms with van der Waals surface area (Å²) in [5.41, 5.74) is 5.62. The van der Waals surface area contributed by atoms with Crippen molar-refractivity contribution in [3.8, 4) is 0 Å². The molecule has 1 aliphatic heterocycles. The van der Waals surface area contributed by atoms with Gasteiger partial charge in [0.1, 0.15) is 0 Å². The summed E-state index contributed by atoms with van der Waals surface area (Å²) in [5.74, 6) is 0. The minimum atomic E-state index is -0.312. The molecule has 1 rings (SSSR count). The van der Waals surface area contributed by atoms with Crippen LogP contribution in [0.4, 0.5) is 4.79 Å². The van der Waals surface area contributed by atoms with Gasteiger partial charge >= 0.3 is 6.03 Å². The molecule has 4 N–H and O–H groups in total. The second-order valence-corrected chi connectivity index (χ2v) is 5.53. The molecule has 5 heteroatoms. The highest BCUT2D eigenvalue weighted by Gasteiger charge is 2.28. The lowest BCUT2D eigenvalue weighted by atomic mass is 9.91. The molecule has 0 aromatic heterocycles. The van der Waals surface area contributed by atoms with E-state index in [1.54, 1.807) is 0 Å². The topological polar surface area (TPSA) is 76.4 Å². The second kappa shape index (κ2) is 5.01. The number of rotatable bonds is 2. The van der Waals surface area contributed by atoms with Gasteiger partial charge in [0.15, 0.2) is 0 Å². The van der Waals surface area contributed by atoms with Crippen LogP contribution in [0, 0.1) is 0 Å². The summed E-state index contributed by atoms with van der Waals surface area (Å²) in [6.45, 7) is 7.69. The molecule has 1 fully saturated rings. The van der Waals surface area contributed by atoms with Gasteiger partial charge in [0.05, 0.1) is 0 Å². The molecule has 16 heavy (non-hydrogen) atoms. The molecule has 0 aromatic rings. The Morgan fingerprint density at radius 1 is 1.38 bits per heavy atom. The number of hydrogen-bond acceptors (Lipinski definition) is 3. The van der Waals surface area contributed by atoms with Crippen LogP contribution < -0.4 is 16.4 Å². The van der Waals surface area contributed by atoms with Gasteiger partial charge in [-0.25, -0.2) is 4.79 Å². The molecule has 0 radical (unpaired) electrons. The van der Waals surface area contributed by atoms with Crippen LogP contribution in [0.1, 0.15) is 33.6 Å². The first kappa shape index (κ1) is 13.3. The SMILES string of the molecule is CC(C)(C)NC(=O)NCC1(N)CCOCC1. The first-order valence-corrected chi connectivity index (χ1v) is 5.73. The third-order valence-electron chi connectivity index (χ3n) is 2.58. The summed E-state index contributed by atoms with van der Waals surface area (Å²) in [5, 5.41) is 5.66. The molecule has 0 aromatic carbocycles. The van der Waals surface area contributed by atoms with E-state index < -0.39 is 0 Å². The molecule has 0 atom stereocenters. The predicted molar refractivity (Wildman–Crippen MR) is 63.3 cm³/mol. The third kappa shape index (κ3) is 4.81. The van der Waals surface area contributed by atoms with Crippen LogP contribution in [-0.4, -0.2) is 36.9 Å². The normalized spacial score (nSPS) is 20.2. The highest BCUT2D eigenvalue weighted by atomic mass is 16.5. The predicted octanol–water partition coefficient (Wildman–Crippen LogP) is 0.592. The zero-order valence-corrected chi connectivity index (χ0v) is 10.4. The number of hydrogen-bond donors (Lipinski definition) is 3. The lowest BCUT2D eigenvalue weighted by Crippen LogP contribution is -2.56. The van der Waals surface area contributed by atoms with Crippen molar-refractivity contribution in [1.29, 1.82) is 0 Å². The van der Waals surface area contributed by atoms with Crippen molar-refractivity contribution >= 4 is 6.03 Å². The number of ether oxygens (including phenoxy) is 1. The fourth-order valence-electron chi connectivity index (χ4n) is 1.60. The van der Waals surface area contributed by atoms with Gasteiger partial charge in [0.2, 0.25) is 0 Å². The quantitative estimate of drug-likeness (QED) is 0.648. The van der Waals surface area contributed by atoms with Gasteiger partial charge in [-0.3, -0.25) is 0 Å². The maximum atomic E-state index is 11.5. The van der Waals surface area contributed by atoms with Crippen LogP contribution in [0.3, 0.4) is 0 Å². The summed E-state index contributed by atoms with van der Waals surface area (Å²) in [7, 11) is 0. The van der Waals surface area contributed by atoms with E-state index in [1.807, 2.05) is 20.8 Å². The van der Waals surface area contributed by atoms with Crippen LogP contribution in [0.2, 0.25) is 0 Å². The lowest BCUT2D eigenvalue weighted by molar-refractivity contribution is 0.0538. The van der Waals surface area contributed by atoms with Gasteiger partial charge < -0.3 is 21.1 Å². The molecular formula is C11H23N3O2. The van der Waals surface area contributed by atoms with Crippen LogP contribution in [0.5, 0.6) is 0 Å². The monoisotopic (exact) mass is 229 g/mol. The van der Waals surface area contributed by atoms with Crippen LogP contribution in [0.25, 0.3) is 0 Å². The van der Waals surface area contributed by atoms with Gasteiger partial charge in [0.25, 0.3) is 0 Å². The average Bonchev–Trinajstić information content (AvgIpc) is 2.14. The van der Waals surface area contributed by atoms with E-state index in [0.29, 0.717) is 19.8 Å². The number of carbonyl (C=O) groups is 1. The Kier molecular flexibility index (Phi) is 4.15. The maximum absolute atomic E-state index is 11.5. The molecule has 2 amide bonds. The summed E-state index contributed by atoms with van der Waals surface area (Å²) >= 11 is 0. The first-order chi connectivity index (χ1) is 7.31. The zero-order valence-electron chi connectivity index (χ0n) is 10.4. The number of amides is 2. The fraction of sp³-hybridized carbons (Fsp3) is 0.909. The molecule has 5 nitrogen and oxygen atoms in total. The van der Waals surface area contributed by atoms with Crippen molar-refractivity contribution in [1.82, 2.24) is 10.6 Å².